The van der Waals surface area contributed by atoms with Crippen LogP contribution in [-0.2, 0) is 0 Å². The standard InChI is InChI=1S/C16H14N2O3/c1-10-17-15-11(16(19)20)6-5-8-13(15)18(10)12-7-3-4-9-14(12)21-2/h3-9H,1-2H3,(H,19,20). The molecule has 1 aromatic heterocycles. The summed E-state index contributed by atoms with van der Waals surface area (Å²) in [5.41, 5.74) is 2.26. The zero-order chi connectivity index (χ0) is 15.0. The van der Waals surface area contributed by atoms with Gasteiger partial charge in [-0.05, 0) is 31.2 Å². The van der Waals surface area contributed by atoms with Crippen molar-refractivity contribution < 1.29 is 14.6 Å². The summed E-state index contributed by atoms with van der Waals surface area (Å²) in [5.74, 6) is 0.439. The van der Waals surface area contributed by atoms with Crippen LogP contribution in [0, 0.1) is 6.92 Å². The third kappa shape index (κ3) is 2.03. The molecule has 0 fully saturated rings. The summed E-state index contributed by atoms with van der Waals surface area (Å²) in [6.07, 6.45) is 0. The Bertz CT molecular complexity index is 837. The van der Waals surface area contributed by atoms with Crippen molar-refractivity contribution in [3.63, 3.8) is 0 Å². The van der Waals surface area contributed by atoms with Gasteiger partial charge in [0.25, 0.3) is 0 Å². The highest BCUT2D eigenvalue weighted by atomic mass is 16.5. The second-order valence-corrected chi connectivity index (χ2v) is 4.64. The first-order valence-electron chi connectivity index (χ1n) is 6.48. The van der Waals surface area contributed by atoms with E-state index in [1.54, 1.807) is 19.2 Å². The predicted molar refractivity (Wildman–Crippen MR) is 79.3 cm³/mol. The number of aromatic carboxylic acids is 1. The Kier molecular flexibility index (Phi) is 3.10. The van der Waals surface area contributed by atoms with Crippen LogP contribution in [-0.4, -0.2) is 27.7 Å². The van der Waals surface area contributed by atoms with Gasteiger partial charge >= 0.3 is 5.97 Å². The first-order valence-corrected chi connectivity index (χ1v) is 6.48. The molecule has 0 saturated heterocycles. The zero-order valence-corrected chi connectivity index (χ0v) is 11.7. The quantitative estimate of drug-likeness (QED) is 0.802. The average molecular weight is 282 g/mol. The largest absolute Gasteiger partial charge is 0.495 e. The van der Waals surface area contributed by atoms with Crippen LogP contribution in [0.15, 0.2) is 42.5 Å². The minimum atomic E-state index is -0.981. The molecule has 0 aliphatic rings. The molecule has 21 heavy (non-hydrogen) atoms. The molecule has 0 unspecified atom stereocenters. The van der Waals surface area contributed by atoms with Gasteiger partial charge in [-0.2, -0.15) is 0 Å². The maximum Gasteiger partial charge on any atom is 0.337 e. The van der Waals surface area contributed by atoms with Gasteiger partial charge in [0, 0.05) is 0 Å². The molecule has 3 rings (SSSR count). The summed E-state index contributed by atoms with van der Waals surface area (Å²) in [6.45, 7) is 1.85. The molecular formula is C16H14N2O3. The number of imidazole rings is 1. The molecule has 0 bridgehead atoms. The summed E-state index contributed by atoms with van der Waals surface area (Å²) in [7, 11) is 1.61. The van der Waals surface area contributed by atoms with Gasteiger partial charge in [-0.3, -0.25) is 4.57 Å². The summed E-state index contributed by atoms with van der Waals surface area (Å²) in [5, 5.41) is 9.28. The van der Waals surface area contributed by atoms with Crippen LogP contribution >= 0.6 is 0 Å². The second-order valence-electron chi connectivity index (χ2n) is 4.64. The number of aromatic nitrogens is 2. The van der Waals surface area contributed by atoms with Crippen LogP contribution in [0.3, 0.4) is 0 Å². The van der Waals surface area contributed by atoms with Crippen LogP contribution in [0.2, 0.25) is 0 Å². The minimum absolute atomic E-state index is 0.198. The molecule has 5 nitrogen and oxygen atoms in total. The topological polar surface area (TPSA) is 64.4 Å². The second kappa shape index (κ2) is 4.94. The number of aryl methyl sites for hydroxylation is 1. The Balaban J connectivity index is 2.36. The Hall–Kier alpha value is -2.82. The molecule has 0 atom stereocenters. The molecule has 0 spiro atoms. The number of carboxylic acids is 1. The molecular weight excluding hydrogens is 268 g/mol. The van der Waals surface area contributed by atoms with E-state index in [4.69, 9.17) is 4.74 Å². The van der Waals surface area contributed by atoms with Crippen molar-refractivity contribution in [3.8, 4) is 11.4 Å². The molecule has 0 aliphatic heterocycles. The monoisotopic (exact) mass is 282 g/mol. The van der Waals surface area contributed by atoms with E-state index in [2.05, 4.69) is 4.98 Å². The van der Waals surface area contributed by atoms with Gasteiger partial charge in [-0.25, -0.2) is 9.78 Å². The maximum absolute atomic E-state index is 11.3. The highest BCUT2D eigenvalue weighted by Crippen LogP contribution is 2.29. The number of benzene rings is 2. The van der Waals surface area contributed by atoms with Crippen molar-refractivity contribution in [1.29, 1.82) is 0 Å². The van der Waals surface area contributed by atoms with Crippen molar-refractivity contribution in [3.05, 3.63) is 53.9 Å². The SMILES string of the molecule is COc1ccccc1-n1c(C)nc2c(C(=O)O)cccc21. The predicted octanol–water partition coefficient (Wildman–Crippen LogP) is 3.04. The van der Waals surface area contributed by atoms with Crippen molar-refractivity contribution in [1.82, 2.24) is 9.55 Å². The number of para-hydroxylation sites is 3. The average Bonchev–Trinajstić information content (AvgIpc) is 2.82. The zero-order valence-electron chi connectivity index (χ0n) is 11.7. The third-order valence-electron chi connectivity index (χ3n) is 3.41. The van der Waals surface area contributed by atoms with E-state index in [1.165, 1.54) is 0 Å². The number of rotatable bonds is 3. The minimum Gasteiger partial charge on any atom is -0.495 e. The Morgan fingerprint density at radius 3 is 2.67 bits per heavy atom. The normalized spacial score (nSPS) is 10.8. The van der Waals surface area contributed by atoms with Gasteiger partial charge < -0.3 is 9.84 Å². The maximum atomic E-state index is 11.3. The van der Waals surface area contributed by atoms with Gasteiger partial charge in [0.1, 0.15) is 17.1 Å². The fourth-order valence-corrected chi connectivity index (χ4v) is 2.51. The Morgan fingerprint density at radius 2 is 1.95 bits per heavy atom. The molecule has 3 aromatic rings. The highest BCUT2D eigenvalue weighted by molar-refractivity contribution is 6.01. The molecule has 0 saturated carbocycles. The van der Waals surface area contributed by atoms with E-state index in [1.807, 2.05) is 41.8 Å². The van der Waals surface area contributed by atoms with Gasteiger partial charge in [-0.1, -0.05) is 18.2 Å². The number of nitrogens with zero attached hydrogens (tertiary/aromatic N) is 2. The van der Waals surface area contributed by atoms with Gasteiger partial charge in [-0.15, -0.1) is 0 Å². The molecule has 2 aromatic carbocycles. The summed E-state index contributed by atoms with van der Waals surface area (Å²) in [6, 6.07) is 12.7. The van der Waals surface area contributed by atoms with E-state index in [9.17, 15) is 9.90 Å². The highest BCUT2D eigenvalue weighted by Gasteiger charge is 2.17. The Morgan fingerprint density at radius 1 is 1.19 bits per heavy atom. The van der Waals surface area contributed by atoms with Crippen LogP contribution in [0.4, 0.5) is 0 Å². The van der Waals surface area contributed by atoms with E-state index in [-0.39, 0.29) is 5.56 Å². The van der Waals surface area contributed by atoms with E-state index < -0.39 is 5.97 Å². The number of fused-ring (bicyclic) bond motifs is 1. The number of carboxylic acid groups (broad SMARTS) is 1. The van der Waals surface area contributed by atoms with Crippen LogP contribution in [0.1, 0.15) is 16.2 Å². The number of ether oxygens (including phenoxy) is 1. The number of hydrogen-bond donors (Lipinski definition) is 1. The lowest BCUT2D eigenvalue weighted by atomic mass is 10.2. The van der Waals surface area contributed by atoms with E-state index in [0.717, 1.165) is 11.2 Å². The first-order chi connectivity index (χ1) is 10.1. The fourth-order valence-electron chi connectivity index (χ4n) is 2.51. The lowest BCUT2D eigenvalue weighted by molar-refractivity contribution is 0.0699. The summed E-state index contributed by atoms with van der Waals surface area (Å²) in [4.78, 5) is 15.7. The fraction of sp³-hybridized carbons (Fsp3) is 0.125. The van der Waals surface area contributed by atoms with Crippen LogP contribution in [0.5, 0.6) is 5.75 Å². The molecule has 1 heterocycles. The molecule has 5 heteroatoms. The van der Waals surface area contributed by atoms with Crippen LogP contribution < -0.4 is 4.74 Å². The van der Waals surface area contributed by atoms with Gasteiger partial charge in [0.2, 0.25) is 0 Å². The third-order valence-corrected chi connectivity index (χ3v) is 3.41. The van der Waals surface area contributed by atoms with E-state index >= 15 is 0 Å². The number of methoxy groups -OCH3 is 1. The Labute approximate surface area is 121 Å². The molecule has 106 valence electrons. The van der Waals surface area contributed by atoms with Crippen molar-refractivity contribution in [2.45, 2.75) is 6.92 Å². The van der Waals surface area contributed by atoms with Crippen LogP contribution in [0.25, 0.3) is 16.7 Å². The summed E-state index contributed by atoms with van der Waals surface area (Å²) < 4.78 is 7.29. The van der Waals surface area contributed by atoms with Crippen molar-refractivity contribution in [2.24, 2.45) is 0 Å². The lowest BCUT2D eigenvalue weighted by Gasteiger charge is -2.11. The first kappa shape index (κ1) is 13.2. The lowest BCUT2D eigenvalue weighted by Crippen LogP contribution is -2.00. The number of hydrogen-bond acceptors (Lipinski definition) is 3. The smallest absolute Gasteiger partial charge is 0.337 e. The summed E-state index contributed by atoms with van der Waals surface area (Å²) >= 11 is 0. The van der Waals surface area contributed by atoms with Crippen molar-refractivity contribution >= 4 is 17.0 Å². The van der Waals surface area contributed by atoms with Gasteiger partial charge in [0.15, 0.2) is 0 Å². The van der Waals surface area contributed by atoms with E-state index in [0.29, 0.717) is 17.1 Å². The van der Waals surface area contributed by atoms with Gasteiger partial charge in [0.05, 0.1) is 23.9 Å². The molecule has 1 N–H and O–H groups in total. The molecule has 0 amide bonds. The molecule has 0 radical (unpaired) electrons. The number of carbonyl (C=O) groups is 1. The van der Waals surface area contributed by atoms with Crippen molar-refractivity contribution in [2.75, 3.05) is 7.11 Å². The molecule has 0 aliphatic carbocycles.